The summed E-state index contributed by atoms with van der Waals surface area (Å²) < 4.78 is 0. The molecule has 1 aromatic heterocycles. The van der Waals surface area contributed by atoms with E-state index >= 15 is 0 Å². The Morgan fingerprint density at radius 2 is 1.95 bits per heavy atom. The van der Waals surface area contributed by atoms with Crippen molar-refractivity contribution < 1.29 is 0 Å². The van der Waals surface area contributed by atoms with Crippen LogP contribution in [0.4, 0.5) is 0 Å². The van der Waals surface area contributed by atoms with Crippen molar-refractivity contribution >= 4 is 11.3 Å². The largest absolute Gasteiger partial charge is 0.317 e. The summed E-state index contributed by atoms with van der Waals surface area (Å²) in [4.78, 5) is 0. The fourth-order valence-corrected chi connectivity index (χ4v) is 3.58. The van der Waals surface area contributed by atoms with Gasteiger partial charge in [-0.05, 0) is 30.5 Å². The second-order valence-corrected chi connectivity index (χ2v) is 6.11. The van der Waals surface area contributed by atoms with Crippen LogP contribution in [-0.2, 0) is 19.3 Å². The van der Waals surface area contributed by atoms with Crippen molar-refractivity contribution in [1.29, 1.82) is 0 Å². The van der Waals surface area contributed by atoms with Gasteiger partial charge in [-0.1, -0.05) is 31.2 Å². The van der Waals surface area contributed by atoms with Crippen molar-refractivity contribution in [2.24, 2.45) is 0 Å². The average molecular weight is 273 g/mol. The van der Waals surface area contributed by atoms with E-state index < -0.39 is 0 Å². The quantitative estimate of drug-likeness (QED) is 0.851. The first-order chi connectivity index (χ1) is 9.36. The van der Waals surface area contributed by atoms with Crippen LogP contribution in [0.3, 0.4) is 0 Å². The molecule has 0 saturated heterocycles. The van der Waals surface area contributed by atoms with Gasteiger partial charge in [0.1, 0.15) is 10.0 Å². The molecule has 2 aromatic rings. The van der Waals surface area contributed by atoms with Crippen LogP contribution >= 0.6 is 11.3 Å². The standard InChI is InChI=1S/C15H19N3S/c1-2-16-8-7-14-17-18-15(19-14)13-9-11-5-3-4-6-12(11)10-13/h3-6,13,16H,2,7-10H2,1H3. The normalized spacial score (nSPS) is 14.8. The van der Waals surface area contributed by atoms with Gasteiger partial charge in [-0.15, -0.1) is 21.5 Å². The number of likely N-dealkylation sites (N-methyl/N-ethyl adjacent to an activating group) is 1. The summed E-state index contributed by atoms with van der Waals surface area (Å²) in [5, 5.41) is 14.4. The highest BCUT2D eigenvalue weighted by molar-refractivity contribution is 7.11. The Labute approximate surface area is 118 Å². The first-order valence-electron chi connectivity index (χ1n) is 6.96. The summed E-state index contributed by atoms with van der Waals surface area (Å²) in [6, 6.07) is 8.73. The van der Waals surface area contributed by atoms with Crippen LogP contribution < -0.4 is 5.32 Å². The molecule has 3 rings (SSSR count). The fraction of sp³-hybridized carbons (Fsp3) is 0.467. The summed E-state index contributed by atoms with van der Waals surface area (Å²) in [6.45, 7) is 4.14. The molecule has 1 heterocycles. The minimum Gasteiger partial charge on any atom is -0.317 e. The van der Waals surface area contributed by atoms with Gasteiger partial charge in [-0.2, -0.15) is 0 Å². The lowest BCUT2D eigenvalue weighted by Crippen LogP contribution is -2.15. The van der Waals surface area contributed by atoms with Crippen LogP contribution in [0.5, 0.6) is 0 Å². The molecular formula is C15H19N3S. The van der Waals surface area contributed by atoms with Gasteiger partial charge in [0.2, 0.25) is 0 Å². The van der Waals surface area contributed by atoms with Crippen LogP contribution in [0.1, 0.15) is 34.0 Å². The Balaban J connectivity index is 1.65. The lowest BCUT2D eigenvalue weighted by molar-refractivity contribution is 0.702. The molecule has 4 heteroatoms. The van der Waals surface area contributed by atoms with Crippen molar-refractivity contribution in [3.63, 3.8) is 0 Å². The summed E-state index contributed by atoms with van der Waals surface area (Å²) in [5.41, 5.74) is 2.97. The van der Waals surface area contributed by atoms with E-state index in [-0.39, 0.29) is 0 Å². The molecule has 0 atom stereocenters. The predicted octanol–water partition coefficient (Wildman–Crippen LogP) is 2.57. The first kappa shape index (κ1) is 12.8. The van der Waals surface area contributed by atoms with Gasteiger partial charge in [-0.3, -0.25) is 0 Å². The molecule has 0 radical (unpaired) electrons. The van der Waals surface area contributed by atoms with Gasteiger partial charge in [0.25, 0.3) is 0 Å². The number of benzene rings is 1. The van der Waals surface area contributed by atoms with Gasteiger partial charge in [0, 0.05) is 18.9 Å². The Morgan fingerprint density at radius 3 is 2.63 bits per heavy atom. The lowest BCUT2D eigenvalue weighted by Gasteiger charge is -2.02. The Bertz CT molecular complexity index is 525. The number of rotatable bonds is 5. The van der Waals surface area contributed by atoms with E-state index in [1.807, 2.05) is 0 Å². The highest BCUT2D eigenvalue weighted by Crippen LogP contribution is 2.34. The van der Waals surface area contributed by atoms with Crippen molar-refractivity contribution in [3.05, 3.63) is 45.4 Å². The first-order valence-corrected chi connectivity index (χ1v) is 7.78. The SMILES string of the molecule is CCNCCc1nnc(C2Cc3ccccc3C2)s1. The van der Waals surface area contributed by atoms with E-state index in [1.54, 1.807) is 11.3 Å². The van der Waals surface area contributed by atoms with Crippen LogP contribution in [0.15, 0.2) is 24.3 Å². The zero-order valence-electron chi connectivity index (χ0n) is 11.2. The Kier molecular flexibility index (Phi) is 3.89. The molecule has 1 aliphatic rings. The van der Waals surface area contributed by atoms with Gasteiger partial charge in [-0.25, -0.2) is 0 Å². The molecular weight excluding hydrogens is 254 g/mol. The summed E-state index contributed by atoms with van der Waals surface area (Å²) in [7, 11) is 0. The lowest BCUT2D eigenvalue weighted by atomic mass is 10.1. The second kappa shape index (κ2) is 5.80. The molecule has 0 amide bonds. The van der Waals surface area contributed by atoms with Crippen molar-refractivity contribution in [2.45, 2.75) is 32.1 Å². The number of nitrogens with one attached hydrogen (secondary N) is 1. The molecule has 0 unspecified atom stereocenters. The highest BCUT2D eigenvalue weighted by Gasteiger charge is 2.25. The number of aromatic nitrogens is 2. The Hall–Kier alpha value is -1.26. The monoisotopic (exact) mass is 273 g/mol. The van der Waals surface area contributed by atoms with E-state index in [0.29, 0.717) is 5.92 Å². The molecule has 1 aliphatic carbocycles. The average Bonchev–Trinajstić information content (AvgIpc) is 3.04. The summed E-state index contributed by atoms with van der Waals surface area (Å²) >= 11 is 1.79. The van der Waals surface area contributed by atoms with Gasteiger partial charge in [0.15, 0.2) is 0 Å². The summed E-state index contributed by atoms with van der Waals surface area (Å²) in [5.74, 6) is 0.544. The molecule has 0 aliphatic heterocycles. The van der Waals surface area contributed by atoms with Gasteiger partial charge >= 0.3 is 0 Å². The number of fused-ring (bicyclic) bond motifs is 1. The number of hydrogen-bond donors (Lipinski definition) is 1. The van der Waals surface area contributed by atoms with Crippen molar-refractivity contribution in [3.8, 4) is 0 Å². The van der Waals surface area contributed by atoms with E-state index in [9.17, 15) is 0 Å². The molecule has 0 bridgehead atoms. The van der Waals surface area contributed by atoms with E-state index in [1.165, 1.54) is 16.1 Å². The third-order valence-electron chi connectivity index (χ3n) is 3.65. The maximum absolute atomic E-state index is 4.40. The number of hydrogen-bond acceptors (Lipinski definition) is 4. The van der Waals surface area contributed by atoms with E-state index in [4.69, 9.17) is 0 Å². The number of nitrogens with zero attached hydrogens (tertiary/aromatic N) is 2. The van der Waals surface area contributed by atoms with Crippen LogP contribution in [0, 0.1) is 0 Å². The second-order valence-electron chi connectivity index (χ2n) is 5.01. The zero-order chi connectivity index (χ0) is 13.1. The third-order valence-corrected chi connectivity index (χ3v) is 4.79. The molecule has 3 nitrogen and oxygen atoms in total. The van der Waals surface area contributed by atoms with Crippen LogP contribution in [0.25, 0.3) is 0 Å². The molecule has 19 heavy (non-hydrogen) atoms. The van der Waals surface area contributed by atoms with Crippen LogP contribution in [0.2, 0.25) is 0 Å². The summed E-state index contributed by atoms with van der Waals surface area (Å²) in [6.07, 6.45) is 3.24. The Morgan fingerprint density at radius 1 is 1.21 bits per heavy atom. The van der Waals surface area contributed by atoms with Gasteiger partial charge < -0.3 is 5.32 Å². The molecule has 1 aromatic carbocycles. The molecule has 100 valence electrons. The zero-order valence-corrected chi connectivity index (χ0v) is 12.0. The topological polar surface area (TPSA) is 37.8 Å². The molecule has 0 spiro atoms. The minimum atomic E-state index is 0.544. The maximum atomic E-state index is 4.40. The van der Waals surface area contributed by atoms with Crippen molar-refractivity contribution in [2.75, 3.05) is 13.1 Å². The third kappa shape index (κ3) is 2.85. The molecule has 0 fully saturated rings. The minimum absolute atomic E-state index is 0.544. The van der Waals surface area contributed by atoms with Crippen LogP contribution in [-0.4, -0.2) is 23.3 Å². The van der Waals surface area contributed by atoms with Gasteiger partial charge in [0.05, 0.1) is 0 Å². The smallest absolute Gasteiger partial charge is 0.121 e. The maximum Gasteiger partial charge on any atom is 0.121 e. The molecule has 0 saturated carbocycles. The fourth-order valence-electron chi connectivity index (χ4n) is 2.64. The van der Waals surface area contributed by atoms with E-state index in [0.717, 1.165) is 37.4 Å². The van der Waals surface area contributed by atoms with E-state index in [2.05, 4.69) is 46.7 Å². The molecule has 1 N–H and O–H groups in total. The predicted molar refractivity (Wildman–Crippen MR) is 78.7 cm³/mol. The van der Waals surface area contributed by atoms with Crippen molar-refractivity contribution in [1.82, 2.24) is 15.5 Å². The highest BCUT2D eigenvalue weighted by atomic mass is 32.1.